The van der Waals surface area contributed by atoms with E-state index in [1.54, 1.807) is 12.1 Å². The van der Waals surface area contributed by atoms with Gasteiger partial charge < -0.3 is 29.3 Å². The van der Waals surface area contributed by atoms with E-state index in [-0.39, 0.29) is 16.9 Å². The lowest BCUT2D eigenvalue weighted by atomic mass is 10.1. The van der Waals surface area contributed by atoms with Crippen LogP contribution in [0.25, 0.3) is 0 Å². The van der Waals surface area contributed by atoms with E-state index in [1.807, 2.05) is 43.0 Å². The van der Waals surface area contributed by atoms with Gasteiger partial charge in [-0.3, -0.25) is 14.9 Å². The van der Waals surface area contributed by atoms with Gasteiger partial charge in [-0.05, 0) is 48.6 Å². The van der Waals surface area contributed by atoms with Crippen LogP contribution >= 0.6 is 12.2 Å². The molecule has 0 radical (unpaired) electrons. The molecule has 1 aliphatic heterocycles. The predicted octanol–water partition coefficient (Wildman–Crippen LogP) is 3.14. The molecule has 2 aromatic carbocycles. The van der Waals surface area contributed by atoms with E-state index >= 15 is 0 Å². The lowest BCUT2D eigenvalue weighted by Crippen LogP contribution is -2.49. The number of carbonyl (C=O) groups excluding carboxylic acids is 2. The Balaban J connectivity index is 1.57. The van der Waals surface area contributed by atoms with Crippen molar-refractivity contribution in [2.75, 3.05) is 57.7 Å². The summed E-state index contributed by atoms with van der Waals surface area (Å²) < 4.78 is 15.9. The SMILES string of the molecule is COc1cc(C(=O)NC(=S)Nc2ccc(N3CCN(C(=O)C(C)C)CC3)cc2)cc(OC)c1OC. The molecule has 0 spiro atoms. The molecule has 1 heterocycles. The van der Waals surface area contributed by atoms with Gasteiger partial charge in [-0.25, -0.2) is 0 Å². The number of nitrogens with one attached hydrogen (secondary N) is 2. The van der Waals surface area contributed by atoms with Crippen LogP contribution in [0.4, 0.5) is 11.4 Å². The summed E-state index contributed by atoms with van der Waals surface area (Å²) in [6.07, 6.45) is 0. The Kier molecular flexibility index (Phi) is 8.75. The zero-order valence-electron chi connectivity index (χ0n) is 20.7. The van der Waals surface area contributed by atoms with Crippen LogP contribution in [-0.2, 0) is 4.79 Å². The summed E-state index contributed by atoms with van der Waals surface area (Å²) >= 11 is 5.32. The van der Waals surface area contributed by atoms with Crippen LogP contribution in [0, 0.1) is 5.92 Å². The molecule has 1 fully saturated rings. The Morgan fingerprint density at radius 2 is 1.49 bits per heavy atom. The fraction of sp³-hybridized carbons (Fsp3) is 0.400. The lowest BCUT2D eigenvalue weighted by molar-refractivity contribution is -0.134. The molecule has 0 bridgehead atoms. The Morgan fingerprint density at radius 3 is 1.97 bits per heavy atom. The van der Waals surface area contributed by atoms with Crippen LogP contribution in [0.2, 0.25) is 0 Å². The maximum atomic E-state index is 12.7. The number of thiocarbonyl (C=S) groups is 1. The highest BCUT2D eigenvalue weighted by Crippen LogP contribution is 2.38. The molecule has 0 atom stereocenters. The van der Waals surface area contributed by atoms with Gasteiger partial charge in [0.15, 0.2) is 16.6 Å². The maximum Gasteiger partial charge on any atom is 0.257 e. The van der Waals surface area contributed by atoms with Crippen LogP contribution < -0.4 is 29.7 Å². The fourth-order valence-electron chi connectivity index (χ4n) is 3.86. The molecule has 0 aromatic heterocycles. The number of hydrogen-bond acceptors (Lipinski definition) is 7. The minimum absolute atomic E-state index is 0.0185. The second-order valence-corrected chi connectivity index (χ2v) is 8.74. The van der Waals surface area contributed by atoms with Gasteiger partial charge in [0.05, 0.1) is 21.3 Å². The van der Waals surface area contributed by atoms with Crippen molar-refractivity contribution in [3.8, 4) is 17.2 Å². The Morgan fingerprint density at radius 1 is 0.914 bits per heavy atom. The third-order valence-corrected chi connectivity index (χ3v) is 5.93. The van der Waals surface area contributed by atoms with Gasteiger partial charge in [0, 0.05) is 49.0 Å². The van der Waals surface area contributed by atoms with E-state index in [0.717, 1.165) is 24.5 Å². The number of carbonyl (C=O) groups is 2. The number of anilines is 2. The molecule has 1 saturated heterocycles. The lowest BCUT2D eigenvalue weighted by Gasteiger charge is -2.37. The van der Waals surface area contributed by atoms with Gasteiger partial charge in [-0.15, -0.1) is 0 Å². The molecule has 0 unspecified atom stereocenters. The van der Waals surface area contributed by atoms with E-state index < -0.39 is 5.91 Å². The summed E-state index contributed by atoms with van der Waals surface area (Å²) in [6, 6.07) is 10.9. The molecule has 3 rings (SSSR count). The van der Waals surface area contributed by atoms with E-state index in [4.69, 9.17) is 26.4 Å². The molecular weight excluding hydrogens is 468 g/mol. The zero-order chi connectivity index (χ0) is 25.5. The van der Waals surface area contributed by atoms with Crippen LogP contribution in [0.3, 0.4) is 0 Å². The van der Waals surface area contributed by atoms with E-state index in [1.165, 1.54) is 21.3 Å². The van der Waals surface area contributed by atoms with Crippen molar-refractivity contribution in [2.45, 2.75) is 13.8 Å². The topological polar surface area (TPSA) is 92.4 Å². The van der Waals surface area contributed by atoms with Crippen molar-refractivity contribution in [3.05, 3.63) is 42.0 Å². The number of ether oxygens (including phenoxy) is 3. The van der Waals surface area contributed by atoms with Crippen molar-refractivity contribution >= 4 is 40.5 Å². The molecule has 188 valence electrons. The van der Waals surface area contributed by atoms with Gasteiger partial charge in [0.25, 0.3) is 5.91 Å². The first kappa shape index (κ1) is 26.1. The maximum absolute atomic E-state index is 12.7. The van der Waals surface area contributed by atoms with Crippen molar-refractivity contribution in [3.63, 3.8) is 0 Å². The number of hydrogen-bond donors (Lipinski definition) is 2. The molecule has 2 amide bonds. The fourth-order valence-corrected chi connectivity index (χ4v) is 4.07. The van der Waals surface area contributed by atoms with E-state index in [9.17, 15) is 9.59 Å². The monoisotopic (exact) mass is 500 g/mol. The first-order valence-corrected chi connectivity index (χ1v) is 11.7. The molecular formula is C25H32N4O5S. The molecule has 2 N–H and O–H groups in total. The number of methoxy groups -OCH3 is 3. The summed E-state index contributed by atoms with van der Waals surface area (Å²) in [6.45, 7) is 6.86. The largest absolute Gasteiger partial charge is 0.493 e. The Hall–Kier alpha value is -3.53. The highest BCUT2D eigenvalue weighted by Gasteiger charge is 2.23. The number of benzene rings is 2. The van der Waals surface area contributed by atoms with E-state index in [0.29, 0.717) is 35.9 Å². The minimum Gasteiger partial charge on any atom is -0.493 e. The number of piperazine rings is 1. The highest BCUT2D eigenvalue weighted by molar-refractivity contribution is 7.80. The summed E-state index contributed by atoms with van der Waals surface area (Å²) in [5.74, 6) is 0.963. The molecule has 35 heavy (non-hydrogen) atoms. The summed E-state index contributed by atoms with van der Waals surface area (Å²) in [5, 5.41) is 5.86. The molecule has 10 heteroatoms. The summed E-state index contributed by atoms with van der Waals surface area (Å²) in [7, 11) is 4.47. The van der Waals surface area contributed by atoms with Crippen LogP contribution in [0.15, 0.2) is 36.4 Å². The number of rotatable bonds is 7. The third-order valence-electron chi connectivity index (χ3n) is 5.73. The number of nitrogens with zero attached hydrogens (tertiary/aromatic N) is 2. The van der Waals surface area contributed by atoms with Gasteiger partial charge in [0.1, 0.15) is 0 Å². The quantitative estimate of drug-likeness (QED) is 0.561. The van der Waals surface area contributed by atoms with E-state index in [2.05, 4.69) is 15.5 Å². The predicted molar refractivity (Wildman–Crippen MR) is 140 cm³/mol. The first-order chi connectivity index (χ1) is 16.8. The summed E-state index contributed by atoms with van der Waals surface area (Å²) in [5.41, 5.74) is 2.13. The van der Waals surface area contributed by atoms with Gasteiger partial charge in [-0.2, -0.15) is 0 Å². The van der Waals surface area contributed by atoms with Crippen molar-refractivity contribution < 1.29 is 23.8 Å². The highest BCUT2D eigenvalue weighted by atomic mass is 32.1. The Bertz CT molecular complexity index is 1040. The smallest absolute Gasteiger partial charge is 0.257 e. The minimum atomic E-state index is -0.410. The van der Waals surface area contributed by atoms with Crippen LogP contribution in [0.1, 0.15) is 24.2 Å². The molecule has 2 aromatic rings. The molecule has 9 nitrogen and oxygen atoms in total. The molecule has 1 aliphatic rings. The zero-order valence-corrected chi connectivity index (χ0v) is 21.5. The number of amides is 2. The molecule has 0 aliphatic carbocycles. The van der Waals surface area contributed by atoms with Crippen molar-refractivity contribution in [1.29, 1.82) is 0 Å². The van der Waals surface area contributed by atoms with Gasteiger partial charge in [0.2, 0.25) is 11.7 Å². The van der Waals surface area contributed by atoms with Crippen molar-refractivity contribution in [2.24, 2.45) is 5.92 Å². The third kappa shape index (κ3) is 6.33. The van der Waals surface area contributed by atoms with Crippen LogP contribution in [-0.4, -0.2) is 69.3 Å². The second-order valence-electron chi connectivity index (χ2n) is 8.34. The van der Waals surface area contributed by atoms with Gasteiger partial charge in [-0.1, -0.05) is 13.8 Å². The first-order valence-electron chi connectivity index (χ1n) is 11.3. The Labute approximate surface area is 211 Å². The van der Waals surface area contributed by atoms with Crippen molar-refractivity contribution in [1.82, 2.24) is 10.2 Å². The summed E-state index contributed by atoms with van der Waals surface area (Å²) in [4.78, 5) is 29.1. The average Bonchev–Trinajstić information content (AvgIpc) is 2.87. The average molecular weight is 501 g/mol. The standard InChI is InChI=1S/C25H32N4O5S/c1-16(2)24(31)29-12-10-28(11-13-29)19-8-6-18(7-9-19)26-25(35)27-23(30)17-14-20(32-3)22(34-5)21(15-17)33-4/h6-9,14-16H,10-13H2,1-5H3,(H2,26,27,30,35). The second kappa shape index (κ2) is 11.7. The van der Waals surface area contributed by atoms with Crippen LogP contribution in [0.5, 0.6) is 17.2 Å². The van der Waals surface area contributed by atoms with Gasteiger partial charge >= 0.3 is 0 Å². The molecule has 0 saturated carbocycles. The normalized spacial score (nSPS) is 13.3.